The van der Waals surface area contributed by atoms with E-state index in [9.17, 15) is 14.9 Å². The molecule has 7 nitrogen and oxygen atoms in total. The number of hydrogen-bond acceptors (Lipinski definition) is 5. The number of aryl methyl sites for hydroxylation is 1. The zero-order valence-electron chi connectivity index (χ0n) is 11.6. The summed E-state index contributed by atoms with van der Waals surface area (Å²) in [7, 11) is 0. The maximum Gasteiger partial charge on any atom is 0.406 e. The molecule has 114 valence electrons. The summed E-state index contributed by atoms with van der Waals surface area (Å²) in [5, 5.41) is 13.5. The van der Waals surface area contributed by atoms with Crippen molar-refractivity contribution in [2.24, 2.45) is 0 Å². The fourth-order valence-corrected chi connectivity index (χ4v) is 2.38. The highest BCUT2D eigenvalue weighted by Crippen LogP contribution is 2.23. The van der Waals surface area contributed by atoms with E-state index in [1.807, 2.05) is 19.1 Å². The molecule has 0 fully saturated rings. The van der Waals surface area contributed by atoms with E-state index in [1.54, 1.807) is 6.07 Å². The number of nitrogens with one attached hydrogen (secondary N) is 1. The highest BCUT2D eigenvalue weighted by Gasteiger charge is 2.16. The predicted octanol–water partition coefficient (Wildman–Crippen LogP) is 2.92. The molecule has 0 aliphatic carbocycles. The molecule has 0 saturated carbocycles. The number of hydrogen-bond donors (Lipinski definition) is 1. The van der Waals surface area contributed by atoms with Gasteiger partial charge in [-0.05, 0) is 75.3 Å². The molecule has 0 bridgehead atoms. The lowest BCUT2D eigenvalue weighted by Crippen LogP contribution is -2.21. The Labute approximate surface area is 140 Å². The third-order valence-electron chi connectivity index (χ3n) is 2.75. The number of rotatable bonds is 5. The van der Waals surface area contributed by atoms with Crippen LogP contribution in [-0.4, -0.2) is 22.4 Å². The first-order valence-electron chi connectivity index (χ1n) is 6.25. The summed E-state index contributed by atoms with van der Waals surface area (Å²) < 4.78 is 6.24. The van der Waals surface area contributed by atoms with Crippen LogP contribution in [0.2, 0.25) is 0 Å². The molecule has 0 atom stereocenters. The first-order valence-corrected chi connectivity index (χ1v) is 7.33. The summed E-state index contributed by atoms with van der Waals surface area (Å²) in [5.41, 5.74) is 1.60. The van der Waals surface area contributed by atoms with Gasteiger partial charge in [-0.15, -0.1) is 0 Å². The van der Waals surface area contributed by atoms with Crippen LogP contribution in [0.4, 0.5) is 11.5 Å². The molecular weight excluding hydrogens is 401 g/mol. The maximum absolute atomic E-state index is 11.9. The minimum Gasteiger partial charge on any atom is -0.476 e. The molecular formula is C14H12IN3O4. The van der Waals surface area contributed by atoms with Gasteiger partial charge in [0.1, 0.15) is 6.20 Å². The molecule has 0 radical (unpaired) electrons. The van der Waals surface area contributed by atoms with Crippen LogP contribution in [0.5, 0.6) is 5.75 Å². The Morgan fingerprint density at radius 1 is 1.45 bits per heavy atom. The van der Waals surface area contributed by atoms with Crippen molar-refractivity contribution in [3.05, 3.63) is 55.8 Å². The number of aromatic nitrogens is 1. The minimum atomic E-state index is -0.656. The van der Waals surface area contributed by atoms with Crippen LogP contribution in [0, 0.1) is 20.6 Å². The van der Waals surface area contributed by atoms with E-state index in [-0.39, 0.29) is 12.4 Å². The van der Waals surface area contributed by atoms with E-state index < -0.39 is 16.6 Å². The van der Waals surface area contributed by atoms with Gasteiger partial charge < -0.3 is 20.2 Å². The smallest absolute Gasteiger partial charge is 0.406 e. The van der Waals surface area contributed by atoms with Crippen molar-refractivity contribution in [3.8, 4) is 5.75 Å². The number of nitrogens with zero attached hydrogens (tertiary/aromatic N) is 2. The molecule has 8 heteroatoms. The molecule has 1 aromatic heterocycles. The van der Waals surface area contributed by atoms with Crippen molar-refractivity contribution < 1.29 is 14.5 Å². The Morgan fingerprint density at radius 3 is 2.91 bits per heavy atom. The molecule has 1 amide bonds. The standard InChI is InChI=1S/C14H12IN3O4/c1-9-7-10(15)4-5-11(9)17-13(19)8-22-12-3-2-6-16-14(12)18(20)21/h2-7H,8H2,1H3,(H,17,19). The summed E-state index contributed by atoms with van der Waals surface area (Å²) in [6.07, 6.45) is 1.29. The SMILES string of the molecule is Cc1cc(I)ccc1NC(=O)COc1cccnc1[N+](=O)[O-]. The number of carbonyl (C=O) groups excluding carboxylic acids is 1. The van der Waals surface area contributed by atoms with Crippen LogP contribution < -0.4 is 10.1 Å². The maximum atomic E-state index is 11.9. The van der Waals surface area contributed by atoms with Crippen molar-refractivity contribution in [2.75, 3.05) is 11.9 Å². The summed E-state index contributed by atoms with van der Waals surface area (Å²) in [6.45, 7) is 1.54. The molecule has 0 saturated heterocycles. The highest BCUT2D eigenvalue weighted by atomic mass is 127. The minimum absolute atomic E-state index is 0.0398. The third kappa shape index (κ3) is 4.13. The highest BCUT2D eigenvalue weighted by molar-refractivity contribution is 14.1. The van der Waals surface area contributed by atoms with Gasteiger partial charge in [0.25, 0.3) is 5.91 Å². The number of nitro groups is 1. The van der Waals surface area contributed by atoms with Crippen molar-refractivity contribution in [1.29, 1.82) is 0 Å². The van der Waals surface area contributed by atoms with E-state index in [0.29, 0.717) is 5.69 Å². The Morgan fingerprint density at radius 2 is 2.23 bits per heavy atom. The fourth-order valence-electron chi connectivity index (χ4n) is 1.73. The van der Waals surface area contributed by atoms with E-state index in [4.69, 9.17) is 4.74 Å². The average Bonchev–Trinajstić information content (AvgIpc) is 2.48. The van der Waals surface area contributed by atoms with E-state index in [2.05, 4.69) is 32.9 Å². The number of halogens is 1. The molecule has 0 aliphatic heterocycles. The first-order chi connectivity index (χ1) is 10.5. The van der Waals surface area contributed by atoms with E-state index in [1.165, 1.54) is 18.3 Å². The monoisotopic (exact) mass is 413 g/mol. The molecule has 1 N–H and O–H groups in total. The topological polar surface area (TPSA) is 94.4 Å². The molecule has 2 rings (SSSR count). The zero-order chi connectivity index (χ0) is 16.1. The number of carbonyl (C=O) groups is 1. The van der Waals surface area contributed by atoms with Crippen LogP contribution in [-0.2, 0) is 4.79 Å². The van der Waals surface area contributed by atoms with Gasteiger partial charge >= 0.3 is 5.82 Å². The molecule has 0 unspecified atom stereocenters. The number of ether oxygens (including phenoxy) is 1. The second kappa shape index (κ2) is 7.16. The molecule has 0 aliphatic rings. The van der Waals surface area contributed by atoms with Gasteiger partial charge in [-0.25, -0.2) is 0 Å². The lowest BCUT2D eigenvalue weighted by Gasteiger charge is -2.09. The van der Waals surface area contributed by atoms with Crippen molar-refractivity contribution >= 4 is 40.0 Å². The third-order valence-corrected chi connectivity index (χ3v) is 3.42. The number of anilines is 1. The average molecular weight is 413 g/mol. The van der Waals surface area contributed by atoms with E-state index in [0.717, 1.165) is 9.13 Å². The van der Waals surface area contributed by atoms with Crippen molar-refractivity contribution in [3.63, 3.8) is 0 Å². The fraction of sp³-hybridized carbons (Fsp3) is 0.143. The molecule has 22 heavy (non-hydrogen) atoms. The number of amides is 1. The van der Waals surface area contributed by atoms with Crippen LogP contribution in [0.25, 0.3) is 0 Å². The molecule has 1 heterocycles. The zero-order valence-corrected chi connectivity index (χ0v) is 13.7. The number of benzene rings is 1. The first kappa shape index (κ1) is 16.1. The quantitative estimate of drug-likeness (QED) is 0.462. The molecule has 0 spiro atoms. The van der Waals surface area contributed by atoms with Gasteiger partial charge in [0, 0.05) is 9.26 Å². The van der Waals surface area contributed by atoms with Gasteiger partial charge in [0.05, 0.1) is 0 Å². The largest absolute Gasteiger partial charge is 0.476 e. The van der Waals surface area contributed by atoms with Crippen LogP contribution >= 0.6 is 22.6 Å². The normalized spacial score (nSPS) is 10.1. The van der Waals surface area contributed by atoms with Crippen LogP contribution in [0.1, 0.15) is 5.56 Å². The summed E-state index contributed by atoms with van der Waals surface area (Å²) in [6, 6.07) is 8.50. The Hall–Kier alpha value is -2.23. The molecule has 2 aromatic rings. The second-order valence-electron chi connectivity index (χ2n) is 4.38. The van der Waals surface area contributed by atoms with E-state index >= 15 is 0 Å². The van der Waals surface area contributed by atoms with Gasteiger partial charge in [-0.2, -0.15) is 0 Å². The van der Waals surface area contributed by atoms with Crippen molar-refractivity contribution in [2.45, 2.75) is 6.92 Å². The van der Waals surface area contributed by atoms with Crippen LogP contribution in [0.15, 0.2) is 36.5 Å². The summed E-state index contributed by atoms with van der Waals surface area (Å²) in [4.78, 5) is 25.6. The van der Waals surface area contributed by atoms with Crippen molar-refractivity contribution in [1.82, 2.24) is 4.98 Å². The van der Waals surface area contributed by atoms with Gasteiger partial charge in [0.2, 0.25) is 5.75 Å². The Balaban J connectivity index is 2.00. The van der Waals surface area contributed by atoms with Gasteiger partial charge in [0.15, 0.2) is 6.61 Å². The summed E-state index contributed by atoms with van der Waals surface area (Å²) in [5.74, 6) is -0.856. The Kier molecular flexibility index (Phi) is 5.26. The summed E-state index contributed by atoms with van der Waals surface area (Å²) >= 11 is 2.18. The lowest BCUT2D eigenvalue weighted by atomic mass is 10.2. The Bertz CT molecular complexity index is 721. The second-order valence-corrected chi connectivity index (χ2v) is 5.62. The predicted molar refractivity (Wildman–Crippen MR) is 88.9 cm³/mol. The number of pyridine rings is 1. The van der Waals surface area contributed by atoms with Crippen LogP contribution in [0.3, 0.4) is 0 Å². The lowest BCUT2D eigenvalue weighted by molar-refractivity contribution is -0.390. The molecule has 1 aromatic carbocycles. The van der Waals surface area contributed by atoms with Gasteiger partial charge in [-0.1, -0.05) is 0 Å². The van der Waals surface area contributed by atoms with Gasteiger partial charge in [-0.3, -0.25) is 4.79 Å².